The highest BCUT2D eigenvalue weighted by atomic mass is 16.5. The van der Waals surface area contributed by atoms with E-state index in [1.54, 1.807) is 18.1 Å². The van der Waals surface area contributed by atoms with E-state index in [1.807, 2.05) is 37.3 Å². The topological polar surface area (TPSA) is 76.1 Å². The first-order valence-corrected chi connectivity index (χ1v) is 8.82. The number of hydrogen-bond acceptors (Lipinski definition) is 4. The second-order valence-corrected chi connectivity index (χ2v) is 6.78. The van der Waals surface area contributed by atoms with Crippen LogP contribution < -0.4 is 9.47 Å². The molecule has 1 amide bonds. The Hall–Kier alpha value is -3.02. The van der Waals surface area contributed by atoms with Gasteiger partial charge in [-0.2, -0.15) is 0 Å². The molecule has 1 saturated heterocycles. The summed E-state index contributed by atoms with van der Waals surface area (Å²) in [5.41, 5.74) is 3.09. The number of likely N-dealkylation sites (tertiary alicyclic amines) is 1. The molecule has 3 rings (SSSR count). The molecule has 0 aliphatic carbocycles. The lowest BCUT2D eigenvalue weighted by Crippen LogP contribution is -2.25. The number of carboxylic acids is 1. The number of amides is 1. The van der Waals surface area contributed by atoms with Gasteiger partial charge in [0.15, 0.2) is 11.5 Å². The van der Waals surface area contributed by atoms with E-state index in [0.29, 0.717) is 24.7 Å². The van der Waals surface area contributed by atoms with Gasteiger partial charge in [0.1, 0.15) is 6.61 Å². The van der Waals surface area contributed by atoms with Gasteiger partial charge in [0, 0.05) is 19.5 Å². The minimum atomic E-state index is -0.928. The Morgan fingerprint density at radius 1 is 1.19 bits per heavy atom. The van der Waals surface area contributed by atoms with Gasteiger partial charge in [-0.25, -0.2) is 0 Å². The van der Waals surface area contributed by atoms with Crippen LogP contribution in [0.5, 0.6) is 11.5 Å². The summed E-state index contributed by atoms with van der Waals surface area (Å²) in [5, 5.41) is 9.11. The number of rotatable bonds is 7. The quantitative estimate of drug-likeness (QED) is 0.812. The highest BCUT2D eigenvalue weighted by Crippen LogP contribution is 2.30. The van der Waals surface area contributed by atoms with Crippen molar-refractivity contribution >= 4 is 11.9 Å². The number of methoxy groups -OCH3 is 1. The summed E-state index contributed by atoms with van der Waals surface area (Å²) in [4.78, 5) is 24.7. The van der Waals surface area contributed by atoms with E-state index in [2.05, 4.69) is 6.07 Å². The van der Waals surface area contributed by atoms with Crippen molar-refractivity contribution < 1.29 is 24.2 Å². The van der Waals surface area contributed by atoms with E-state index in [4.69, 9.17) is 14.6 Å². The Balaban J connectivity index is 1.71. The molecule has 0 bridgehead atoms. The summed E-state index contributed by atoms with van der Waals surface area (Å²) < 4.78 is 11.3. The molecule has 6 nitrogen and oxygen atoms in total. The fraction of sp³-hybridized carbons (Fsp3) is 0.333. The third kappa shape index (κ3) is 4.58. The summed E-state index contributed by atoms with van der Waals surface area (Å²) in [6.07, 6.45) is 0.0577. The molecule has 1 aliphatic heterocycles. The fourth-order valence-corrected chi connectivity index (χ4v) is 3.21. The van der Waals surface area contributed by atoms with E-state index in [0.717, 1.165) is 16.7 Å². The molecule has 27 heavy (non-hydrogen) atoms. The predicted molar refractivity (Wildman–Crippen MR) is 99.7 cm³/mol. The monoisotopic (exact) mass is 369 g/mol. The van der Waals surface area contributed by atoms with Crippen molar-refractivity contribution in [1.29, 1.82) is 0 Å². The van der Waals surface area contributed by atoms with Crippen LogP contribution in [-0.2, 0) is 22.7 Å². The van der Waals surface area contributed by atoms with Crippen LogP contribution in [0, 0.1) is 12.8 Å². The Labute approximate surface area is 158 Å². The zero-order chi connectivity index (χ0) is 19.4. The van der Waals surface area contributed by atoms with E-state index in [1.165, 1.54) is 0 Å². The van der Waals surface area contributed by atoms with Gasteiger partial charge >= 0.3 is 5.97 Å². The van der Waals surface area contributed by atoms with Crippen LogP contribution in [0.3, 0.4) is 0 Å². The molecular formula is C21H23NO5. The van der Waals surface area contributed by atoms with Crippen molar-refractivity contribution in [1.82, 2.24) is 4.90 Å². The molecule has 0 aromatic heterocycles. The number of carbonyl (C=O) groups excluding carboxylic acids is 1. The maximum absolute atomic E-state index is 12.1. The summed E-state index contributed by atoms with van der Waals surface area (Å²) in [6.45, 7) is 3.03. The van der Waals surface area contributed by atoms with Gasteiger partial charge in [-0.05, 0) is 30.2 Å². The van der Waals surface area contributed by atoms with E-state index < -0.39 is 11.9 Å². The lowest BCUT2D eigenvalue weighted by Gasteiger charge is -2.18. The molecule has 6 heteroatoms. The van der Waals surface area contributed by atoms with Gasteiger partial charge in [-0.3, -0.25) is 9.59 Å². The average Bonchev–Trinajstić information content (AvgIpc) is 3.01. The van der Waals surface area contributed by atoms with E-state index in [9.17, 15) is 9.59 Å². The first-order chi connectivity index (χ1) is 13.0. The zero-order valence-electron chi connectivity index (χ0n) is 15.5. The van der Waals surface area contributed by atoms with Crippen LogP contribution in [0.2, 0.25) is 0 Å². The largest absolute Gasteiger partial charge is 0.493 e. The molecule has 0 spiro atoms. The van der Waals surface area contributed by atoms with Crippen molar-refractivity contribution in [2.24, 2.45) is 5.92 Å². The Morgan fingerprint density at radius 3 is 2.67 bits per heavy atom. The lowest BCUT2D eigenvalue weighted by atomic mass is 10.1. The van der Waals surface area contributed by atoms with Gasteiger partial charge in [0.05, 0.1) is 13.0 Å². The van der Waals surface area contributed by atoms with Crippen molar-refractivity contribution in [2.75, 3.05) is 13.7 Å². The highest BCUT2D eigenvalue weighted by Gasteiger charge is 2.34. The maximum Gasteiger partial charge on any atom is 0.308 e. The van der Waals surface area contributed by atoms with Crippen molar-refractivity contribution in [3.63, 3.8) is 0 Å². The number of aryl methyl sites for hydroxylation is 1. The Morgan fingerprint density at radius 2 is 2.00 bits per heavy atom. The Kier molecular flexibility index (Phi) is 5.64. The molecule has 0 saturated carbocycles. The summed E-state index contributed by atoms with van der Waals surface area (Å²) in [6, 6.07) is 13.6. The van der Waals surface area contributed by atoms with Crippen LogP contribution >= 0.6 is 0 Å². The van der Waals surface area contributed by atoms with Crippen molar-refractivity contribution in [3.05, 3.63) is 59.2 Å². The molecule has 142 valence electrons. The van der Waals surface area contributed by atoms with E-state index >= 15 is 0 Å². The van der Waals surface area contributed by atoms with Crippen LogP contribution in [-0.4, -0.2) is 35.5 Å². The number of benzene rings is 2. The van der Waals surface area contributed by atoms with Gasteiger partial charge in [-0.1, -0.05) is 35.9 Å². The van der Waals surface area contributed by atoms with Gasteiger partial charge < -0.3 is 19.5 Å². The molecule has 1 atom stereocenters. The normalized spacial score (nSPS) is 16.4. The van der Waals surface area contributed by atoms with Crippen LogP contribution in [0.1, 0.15) is 23.1 Å². The number of aliphatic carboxylic acids is 1. The Bertz CT molecular complexity index is 848. The zero-order valence-corrected chi connectivity index (χ0v) is 15.5. The van der Waals surface area contributed by atoms with Crippen LogP contribution in [0.15, 0.2) is 42.5 Å². The first-order valence-electron chi connectivity index (χ1n) is 8.82. The molecular weight excluding hydrogens is 346 g/mol. The van der Waals surface area contributed by atoms with Crippen LogP contribution in [0.4, 0.5) is 0 Å². The lowest BCUT2D eigenvalue weighted by molar-refractivity contribution is -0.141. The third-order valence-electron chi connectivity index (χ3n) is 4.64. The number of nitrogens with zero attached hydrogens (tertiary/aromatic N) is 1. The third-order valence-corrected chi connectivity index (χ3v) is 4.64. The molecule has 1 unspecified atom stereocenters. The summed E-state index contributed by atoms with van der Waals surface area (Å²) in [5.74, 6) is -0.489. The minimum Gasteiger partial charge on any atom is -0.493 e. The molecule has 1 fully saturated rings. The number of carbonyl (C=O) groups is 2. The van der Waals surface area contributed by atoms with Gasteiger partial charge in [0.2, 0.25) is 5.91 Å². The molecule has 1 heterocycles. The number of hydrogen-bond donors (Lipinski definition) is 1. The number of carboxylic acid groups (broad SMARTS) is 1. The summed E-state index contributed by atoms with van der Waals surface area (Å²) >= 11 is 0. The average molecular weight is 369 g/mol. The number of ether oxygens (including phenoxy) is 2. The highest BCUT2D eigenvalue weighted by molar-refractivity contribution is 5.86. The SMILES string of the molecule is COc1ccc(CN2CC(C(=O)O)CC2=O)cc1OCc1cccc(C)c1. The standard InChI is InChI=1S/C21H23NO5/c1-14-4-3-5-16(8-14)13-27-19-9-15(6-7-18(19)26-2)11-22-12-17(21(24)25)10-20(22)23/h3-9,17H,10-13H2,1-2H3,(H,24,25). The van der Waals surface area contributed by atoms with Crippen molar-refractivity contribution in [3.8, 4) is 11.5 Å². The second-order valence-electron chi connectivity index (χ2n) is 6.78. The minimum absolute atomic E-state index is 0.0577. The van der Waals surface area contributed by atoms with Gasteiger partial charge in [-0.15, -0.1) is 0 Å². The maximum atomic E-state index is 12.1. The van der Waals surface area contributed by atoms with Crippen LogP contribution in [0.25, 0.3) is 0 Å². The molecule has 0 radical (unpaired) electrons. The molecule has 1 N–H and O–H groups in total. The molecule has 2 aromatic rings. The second kappa shape index (κ2) is 8.12. The molecule has 1 aliphatic rings. The van der Waals surface area contributed by atoms with Crippen molar-refractivity contribution in [2.45, 2.75) is 26.5 Å². The van der Waals surface area contributed by atoms with Gasteiger partial charge in [0.25, 0.3) is 0 Å². The first kappa shape index (κ1) is 18.8. The van der Waals surface area contributed by atoms with E-state index in [-0.39, 0.29) is 18.9 Å². The fourth-order valence-electron chi connectivity index (χ4n) is 3.21. The summed E-state index contributed by atoms with van der Waals surface area (Å²) in [7, 11) is 1.58. The smallest absolute Gasteiger partial charge is 0.308 e. The molecule has 2 aromatic carbocycles. The predicted octanol–water partition coefficient (Wildman–Crippen LogP) is 3.02.